The molecular weight excluding hydrogens is 383 g/mol. The van der Waals surface area contributed by atoms with E-state index in [9.17, 15) is 13.2 Å². The summed E-state index contributed by atoms with van der Waals surface area (Å²) in [5.74, 6) is 0.523. The average Bonchev–Trinajstić information content (AvgIpc) is 2.70. The van der Waals surface area contributed by atoms with Crippen molar-refractivity contribution in [1.82, 2.24) is 9.80 Å². The summed E-state index contributed by atoms with van der Waals surface area (Å²) in [6.45, 7) is 3.52. The van der Waals surface area contributed by atoms with Crippen molar-refractivity contribution in [3.63, 3.8) is 0 Å². The molecule has 0 radical (unpaired) electrons. The van der Waals surface area contributed by atoms with Gasteiger partial charge in [0.2, 0.25) is 0 Å². The summed E-state index contributed by atoms with van der Waals surface area (Å²) in [5.41, 5.74) is 5.32. The van der Waals surface area contributed by atoms with Gasteiger partial charge in [-0.05, 0) is 56.1 Å². The van der Waals surface area contributed by atoms with Crippen LogP contribution < -0.4 is 15.2 Å². The van der Waals surface area contributed by atoms with Gasteiger partial charge in [0.25, 0.3) is 0 Å². The van der Waals surface area contributed by atoms with E-state index in [1.54, 1.807) is 0 Å². The van der Waals surface area contributed by atoms with Crippen molar-refractivity contribution in [2.24, 2.45) is 11.7 Å². The molecule has 0 saturated carbocycles. The summed E-state index contributed by atoms with van der Waals surface area (Å²) in [4.78, 5) is 4.39. The Balaban J connectivity index is 1.30. The molecule has 1 saturated heterocycles. The molecule has 0 aromatic heterocycles. The fraction of sp³-hybridized carbons (Fsp3) is 0.524. The smallest absolute Gasteiger partial charge is 0.420 e. The van der Waals surface area contributed by atoms with Gasteiger partial charge in [0.1, 0.15) is 18.3 Å². The largest absolute Gasteiger partial charge is 0.486 e. The first kappa shape index (κ1) is 20.1. The van der Waals surface area contributed by atoms with Gasteiger partial charge in [0, 0.05) is 19.3 Å². The number of likely N-dealkylation sites (tertiary alicyclic amines) is 1. The van der Waals surface area contributed by atoms with Crippen LogP contribution in [0.2, 0.25) is 0 Å². The lowest BCUT2D eigenvalue weighted by atomic mass is 9.95. The van der Waals surface area contributed by atoms with E-state index in [0.29, 0.717) is 12.5 Å². The second-order valence-electron chi connectivity index (χ2n) is 7.84. The molecule has 0 bridgehead atoms. The van der Waals surface area contributed by atoms with E-state index in [2.05, 4.69) is 9.80 Å². The molecule has 1 fully saturated rings. The maximum Gasteiger partial charge on any atom is 0.420 e. The van der Waals surface area contributed by atoms with Crippen molar-refractivity contribution < 1.29 is 22.6 Å². The van der Waals surface area contributed by atoms with Crippen LogP contribution in [0.15, 0.2) is 42.6 Å². The van der Waals surface area contributed by atoms with E-state index >= 15 is 0 Å². The number of fused-ring (bicyclic) bond motifs is 1. The van der Waals surface area contributed by atoms with Gasteiger partial charge in [0.05, 0.1) is 6.17 Å². The Kier molecular flexibility index (Phi) is 5.74. The number of para-hydroxylation sites is 1. The van der Waals surface area contributed by atoms with Crippen LogP contribution in [-0.2, 0) is 6.18 Å². The Morgan fingerprint density at radius 3 is 2.62 bits per heavy atom. The highest BCUT2D eigenvalue weighted by atomic mass is 19.4. The standard InChI is InChI=1S/C21H26F3N3O2/c22-21(23,24)17-4-3-5-18-20(17)29-16(14-28-18)13-26-10-7-15(8-11-26)12-27-9-2-1-6-19(27)25/h1-6,9,15-16,19H,7-8,10-14,25H2/t16?,19-/m0/s1. The number of benzene rings is 1. The molecule has 5 nitrogen and oxygen atoms in total. The van der Waals surface area contributed by atoms with E-state index < -0.39 is 17.8 Å². The normalized spacial score (nSPS) is 25.4. The molecule has 0 spiro atoms. The number of nitrogens with two attached hydrogens (primary N) is 1. The molecule has 0 amide bonds. The van der Waals surface area contributed by atoms with Crippen molar-refractivity contribution in [1.29, 1.82) is 0 Å². The number of alkyl halides is 3. The lowest BCUT2D eigenvalue weighted by molar-refractivity contribution is -0.140. The molecule has 0 aliphatic carbocycles. The number of allylic oxidation sites excluding steroid dienone is 2. The maximum atomic E-state index is 13.3. The summed E-state index contributed by atoms with van der Waals surface area (Å²) in [7, 11) is 0. The highest BCUT2D eigenvalue weighted by Crippen LogP contribution is 2.43. The van der Waals surface area contributed by atoms with E-state index in [-0.39, 0.29) is 24.3 Å². The Morgan fingerprint density at radius 2 is 1.90 bits per heavy atom. The second kappa shape index (κ2) is 8.28. The van der Waals surface area contributed by atoms with Gasteiger partial charge < -0.3 is 20.1 Å². The molecule has 2 N–H and O–H groups in total. The number of rotatable bonds is 4. The van der Waals surface area contributed by atoms with Crippen LogP contribution in [0.5, 0.6) is 11.5 Å². The lowest BCUT2D eigenvalue weighted by Gasteiger charge is -2.38. The minimum Gasteiger partial charge on any atom is -0.486 e. The molecule has 1 aromatic carbocycles. The van der Waals surface area contributed by atoms with E-state index in [1.165, 1.54) is 12.1 Å². The zero-order valence-corrected chi connectivity index (χ0v) is 16.1. The predicted molar refractivity (Wildman–Crippen MR) is 103 cm³/mol. The first-order valence-corrected chi connectivity index (χ1v) is 9.98. The van der Waals surface area contributed by atoms with E-state index in [1.807, 2.05) is 24.4 Å². The zero-order valence-electron chi connectivity index (χ0n) is 16.1. The third-order valence-corrected chi connectivity index (χ3v) is 5.71. The van der Waals surface area contributed by atoms with Crippen LogP contribution in [0.4, 0.5) is 13.2 Å². The Morgan fingerprint density at radius 1 is 1.10 bits per heavy atom. The molecule has 29 heavy (non-hydrogen) atoms. The maximum absolute atomic E-state index is 13.3. The molecule has 3 heterocycles. The monoisotopic (exact) mass is 409 g/mol. The molecule has 158 valence electrons. The number of ether oxygens (including phenoxy) is 2. The van der Waals surface area contributed by atoms with E-state index in [4.69, 9.17) is 15.2 Å². The molecule has 3 aliphatic rings. The second-order valence-corrected chi connectivity index (χ2v) is 7.84. The number of nitrogens with zero attached hydrogens (tertiary/aromatic N) is 2. The number of hydrogen-bond donors (Lipinski definition) is 1. The molecular formula is C21H26F3N3O2. The molecule has 8 heteroatoms. The van der Waals surface area contributed by atoms with Gasteiger partial charge in [-0.25, -0.2) is 0 Å². The third-order valence-electron chi connectivity index (χ3n) is 5.71. The molecule has 1 aromatic rings. The summed E-state index contributed by atoms with van der Waals surface area (Å²) in [6, 6.07) is 3.89. The number of halogens is 3. The highest BCUT2D eigenvalue weighted by molar-refractivity contribution is 5.49. The number of piperidine rings is 1. The summed E-state index contributed by atoms with van der Waals surface area (Å²) in [5, 5.41) is 0. The first-order chi connectivity index (χ1) is 13.9. The minimum atomic E-state index is -4.46. The Hall–Kier alpha value is -2.19. The average molecular weight is 409 g/mol. The molecule has 2 atom stereocenters. The van der Waals surface area contributed by atoms with Gasteiger partial charge >= 0.3 is 6.18 Å². The van der Waals surface area contributed by atoms with Crippen LogP contribution in [0.25, 0.3) is 0 Å². The Labute approximate surface area is 168 Å². The van der Waals surface area contributed by atoms with Crippen LogP contribution in [-0.4, -0.2) is 54.9 Å². The minimum absolute atomic E-state index is 0.0753. The van der Waals surface area contributed by atoms with Crippen LogP contribution in [0.1, 0.15) is 18.4 Å². The summed E-state index contributed by atoms with van der Waals surface area (Å²) < 4.78 is 51.1. The van der Waals surface area contributed by atoms with Crippen molar-refractivity contribution in [2.75, 3.05) is 32.8 Å². The van der Waals surface area contributed by atoms with E-state index in [0.717, 1.165) is 38.5 Å². The van der Waals surface area contributed by atoms with Crippen LogP contribution in [0.3, 0.4) is 0 Å². The fourth-order valence-corrected chi connectivity index (χ4v) is 4.12. The highest BCUT2D eigenvalue weighted by Gasteiger charge is 2.38. The lowest BCUT2D eigenvalue weighted by Crippen LogP contribution is -2.47. The van der Waals surface area contributed by atoms with Crippen LogP contribution in [0, 0.1) is 5.92 Å². The Bertz CT molecular complexity index is 773. The van der Waals surface area contributed by atoms with Gasteiger partial charge in [-0.1, -0.05) is 12.1 Å². The first-order valence-electron chi connectivity index (χ1n) is 9.98. The number of hydrogen-bond acceptors (Lipinski definition) is 5. The predicted octanol–water partition coefficient (Wildman–Crippen LogP) is 3.23. The van der Waals surface area contributed by atoms with Crippen molar-refractivity contribution >= 4 is 0 Å². The molecule has 3 aliphatic heterocycles. The van der Waals surface area contributed by atoms with Crippen LogP contribution >= 0.6 is 0 Å². The van der Waals surface area contributed by atoms with Crippen molar-refractivity contribution in [2.45, 2.75) is 31.3 Å². The van der Waals surface area contributed by atoms with Gasteiger partial charge in [-0.15, -0.1) is 0 Å². The fourth-order valence-electron chi connectivity index (χ4n) is 4.12. The third kappa shape index (κ3) is 4.70. The SMILES string of the molecule is N[C@@H]1C=CC=CN1CC1CCN(CC2COc3cccc(C(F)(F)F)c3O2)CC1. The molecule has 4 rings (SSSR count). The van der Waals surface area contributed by atoms with Crippen molar-refractivity contribution in [3.05, 3.63) is 48.2 Å². The molecule has 1 unspecified atom stereocenters. The topological polar surface area (TPSA) is 51.0 Å². The van der Waals surface area contributed by atoms with Crippen molar-refractivity contribution in [3.8, 4) is 11.5 Å². The van der Waals surface area contributed by atoms with Gasteiger partial charge in [0.15, 0.2) is 11.5 Å². The van der Waals surface area contributed by atoms with Gasteiger partial charge in [-0.2, -0.15) is 13.2 Å². The summed E-state index contributed by atoms with van der Waals surface area (Å²) in [6.07, 6.45) is 5.05. The quantitative estimate of drug-likeness (QED) is 0.828. The zero-order chi connectivity index (χ0) is 20.4. The summed E-state index contributed by atoms with van der Waals surface area (Å²) >= 11 is 0. The van der Waals surface area contributed by atoms with Gasteiger partial charge in [-0.3, -0.25) is 4.90 Å².